The Hall–Kier alpha value is -4.49. The molecular formula is C27H20ClN5O2. The molecule has 0 aliphatic carbocycles. The van der Waals surface area contributed by atoms with Crippen LogP contribution in [0.25, 0.3) is 22.0 Å². The molecule has 172 valence electrons. The highest BCUT2D eigenvalue weighted by atomic mass is 35.5. The van der Waals surface area contributed by atoms with Gasteiger partial charge in [0, 0.05) is 46.4 Å². The van der Waals surface area contributed by atoms with Crippen LogP contribution in [0.1, 0.15) is 10.5 Å². The van der Waals surface area contributed by atoms with Crippen LogP contribution in [0.2, 0.25) is 5.02 Å². The standard InChI is InChI=1S/C27H20ClN5O2/c1-29-27(34)24-16-21(14-15-30-24)35-20-12-10-19(11-13-20)31-26-23-5-3-2-4-22(23)25(32-33-26)17-6-8-18(28)9-7-17/h2-16H,1H3,(H,29,34)(H,31,33). The van der Waals surface area contributed by atoms with E-state index in [2.05, 4.69) is 25.8 Å². The molecule has 2 heterocycles. The molecule has 5 aromatic rings. The first-order valence-corrected chi connectivity index (χ1v) is 11.2. The van der Waals surface area contributed by atoms with Gasteiger partial charge >= 0.3 is 0 Å². The molecule has 0 fully saturated rings. The SMILES string of the molecule is CNC(=O)c1cc(Oc2ccc(Nc3nnc(-c4ccc(Cl)cc4)c4ccccc34)cc2)ccn1. The first-order chi connectivity index (χ1) is 17.1. The van der Waals surface area contributed by atoms with Crippen molar-refractivity contribution in [2.24, 2.45) is 0 Å². The number of anilines is 2. The van der Waals surface area contributed by atoms with Crippen LogP contribution in [0.15, 0.2) is 91.1 Å². The fourth-order valence-electron chi connectivity index (χ4n) is 3.62. The van der Waals surface area contributed by atoms with Crippen LogP contribution >= 0.6 is 11.6 Å². The zero-order valence-electron chi connectivity index (χ0n) is 18.7. The van der Waals surface area contributed by atoms with Gasteiger partial charge in [0.2, 0.25) is 0 Å². The number of hydrogen-bond donors (Lipinski definition) is 2. The van der Waals surface area contributed by atoms with Crippen molar-refractivity contribution in [1.29, 1.82) is 0 Å². The molecule has 2 N–H and O–H groups in total. The van der Waals surface area contributed by atoms with Crippen molar-refractivity contribution in [2.45, 2.75) is 0 Å². The summed E-state index contributed by atoms with van der Waals surface area (Å²) in [5, 5.41) is 17.4. The molecule has 35 heavy (non-hydrogen) atoms. The minimum atomic E-state index is -0.273. The maximum absolute atomic E-state index is 11.8. The van der Waals surface area contributed by atoms with Gasteiger partial charge in [0.05, 0.1) is 0 Å². The topological polar surface area (TPSA) is 89.0 Å². The number of pyridine rings is 1. The van der Waals surface area contributed by atoms with Crippen LogP contribution in [-0.2, 0) is 0 Å². The third-order valence-corrected chi connectivity index (χ3v) is 5.60. The van der Waals surface area contributed by atoms with Crippen molar-refractivity contribution in [2.75, 3.05) is 12.4 Å². The molecule has 3 aromatic carbocycles. The molecular weight excluding hydrogens is 462 g/mol. The number of benzene rings is 3. The number of halogens is 1. The number of hydrogen-bond acceptors (Lipinski definition) is 6. The summed E-state index contributed by atoms with van der Waals surface area (Å²) in [6.07, 6.45) is 1.54. The van der Waals surface area contributed by atoms with Gasteiger partial charge < -0.3 is 15.4 Å². The zero-order valence-corrected chi connectivity index (χ0v) is 19.5. The van der Waals surface area contributed by atoms with E-state index in [4.69, 9.17) is 16.3 Å². The van der Waals surface area contributed by atoms with E-state index in [1.807, 2.05) is 72.8 Å². The first kappa shape index (κ1) is 22.3. The van der Waals surface area contributed by atoms with Gasteiger partial charge in [-0.15, -0.1) is 10.2 Å². The molecule has 0 atom stereocenters. The van der Waals surface area contributed by atoms with E-state index in [9.17, 15) is 4.79 Å². The average Bonchev–Trinajstić information content (AvgIpc) is 2.90. The number of aromatic nitrogens is 3. The van der Waals surface area contributed by atoms with Crippen molar-refractivity contribution in [1.82, 2.24) is 20.5 Å². The van der Waals surface area contributed by atoms with Gasteiger partial charge in [-0.2, -0.15) is 0 Å². The summed E-state index contributed by atoms with van der Waals surface area (Å²) < 4.78 is 5.88. The van der Waals surface area contributed by atoms with Crippen molar-refractivity contribution in [3.05, 3.63) is 102 Å². The largest absolute Gasteiger partial charge is 0.457 e. The number of carbonyl (C=O) groups excluding carboxylic acids is 1. The number of ether oxygens (including phenoxy) is 1. The Morgan fingerprint density at radius 2 is 1.60 bits per heavy atom. The third kappa shape index (κ3) is 4.90. The molecule has 0 aliphatic rings. The van der Waals surface area contributed by atoms with Crippen LogP contribution < -0.4 is 15.4 Å². The van der Waals surface area contributed by atoms with Crippen molar-refractivity contribution in [3.8, 4) is 22.8 Å². The quantitative estimate of drug-likeness (QED) is 0.298. The lowest BCUT2D eigenvalue weighted by atomic mass is 10.0. The van der Waals surface area contributed by atoms with Crippen LogP contribution in [0.3, 0.4) is 0 Å². The van der Waals surface area contributed by atoms with Gasteiger partial charge in [-0.3, -0.25) is 9.78 Å². The second kappa shape index (κ2) is 9.79. The smallest absolute Gasteiger partial charge is 0.269 e. The summed E-state index contributed by atoms with van der Waals surface area (Å²) in [5.74, 6) is 1.52. The maximum Gasteiger partial charge on any atom is 0.269 e. The predicted molar refractivity (Wildman–Crippen MR) is 137 cm³/mol. The first-order valence-electron chi connectivity index (χ1n) is 10.8. The number of nitrogens with zero attached hydrogens (tertiary/aromatic N) is 3. The Morgan fingerprint density at radius 3 is 2.34 bits per heavy atom. The summed E-state index contributed by atoms with van der Waals surface area (Å²) >= 11 is 6.04. The number of nitrogens with one attached hydrogen (secondary N) is 2. The lowest BCUT2D eigenvalue weighted by Gasteiger charge is -2.12. The summed E-state index contributed by atoms with van der Waals surface area (Å²) in [6, 6.07) is 26.3. The Labute approximate surface area is 206 Å². The van der Waals surface area contributed by atoms with E-state index in [1.165, 1.54) is 6.20 Å². The Bertz CT molecular complexity index is 1510. The van der Waals surface area contributed by atoms with Crippen LogP contribution in [0.4, 0.5) is 11.5 Å². The highest BCUT2D eigenvalue weighted by molar-refractivity contribution is 6.30. The summed E-state index contributed by atoms with van der Waals surface area (Å²) in [7, 11) is 1.56. The number of amides is 1. The fraction of sp³-hybridized carbons (Fsp3) is 0.0370. The molecule has 7 nitrogen and oxygen atoms in total. The van der Waals surface area contributed by atoms with Gasteiger partial charge in [0.15, 0.2) is 5.82 Å². The van der Waals surface area contributed by atoms with Gasteiger partial charge in [-0.25, -0.2) is 0 Å². The molecule has 0 bridgehead atoms. The van der Waals surface area contributed by atoms with Gasteiger partial charge in [-0.1, -0.05) is 48.0 Å². The summed E-state index contributed by atoms with van der Waals surface area (Å²) in [4.78, 5) is 15.8. The number of rotatable bonds is 6. The van der Waals surface area contributed by atoms with E-state index >= 15 is 0 Å². The molecule has 0 aliphatic heterocycles. The highest BCUT2D eigenvalue weighted by Crippen LogP contribution is 2.32. The van der Waals surface area contributed by atoms with Crippen LogP contribution in [0, 0.1) is 0 Å². The molecule has 8 heteroatoms. The van der Waals surface area contributed by atoms with Crippen LogP contribution in [-0.4, -0.2) is 28.1 Å². The Morgan fingerprint density at radius 1 is 0.857 bits per heavy atom. The van der Waals surface area contributed by atoms with Gasteiger partial charge in [-0.05, 0) is 42.5 Å². The lowest BCUT2D eigenvalue weighted by Crippen LogP contribution is -2.18. The lowest BCUT2D eigenvalue weighted by molar-refractivity contribution is 0.0958. The zero-order chi connectivity index (χ0) is 24.2. The Balaban J connectivity index is 1.38. The van der Waals surface area contributed by atoms with E-state index < -0.39 is 0 Å². The fourth-order valence-corrected chi connectivity index (χ4v) is 3.75. The highest BCUT2D eigenvalue weighted by Gasteiger charge is 2.12. The average molecular weight is 482 g/mol. The van der Waals surface area contributed by atoms with Gasteiger partial charge in [0.25, 0.3) is 5.91 Å². The maximum atomic E-state index is 11.8. The van der Waals surface area contributed by atoms with Crippen molar-refractivity contribution < 1.29 is 9.53 Å². The third-order valence-electron chi connectivity index (χ3n) is 5.35. The number of fused-ring (bicyclic) bond motifs is 1. The minimum Gasteiger partial charge on any atom is -0.457 e. The second-order valence-electron chi connectivity index (χ2n) is 7.66. The molecule has 2 aromatic heterocycles. The Kier molecular flexibility index (Phi) is 6.24. The molecule has 5 rings (SSSR count). The van der Waals surface area contributed by atoms with Gasteiger partial charge in [0.1, 0.15) is 22.9 Å². The summed E-state index contributed by atoms with van der Waals surface area (Å²) in [6.45, 7) is 0. The minimum absolute atomic E-state index is 0.273. The summed E-state index contributed by atoms with van der Waals surface area (Å²) in [5.41, 5.74) is 2.86. The molecule has 0 saturated carbocycles. The van der Waals surface area contributed by atoms with E-state index in [0.29, 0.717) is 22.3 Å². The normalized spacial score (nSPS) is 10.7. The predicted octanol–water partition coefficient (Wildman–Crippen LogP) is 6.24. The monoisotopic (exact) mass is 481 g/mol. The second-order valence-corrected chi connectivity index (χ2v) is 8.09. The van der Waals surface area contributed by atoms with Crippen molar-refractivity contribution >= 4 is 39.8 Å². The molecule has 0 unspecified atom stereocenters. The van der Waals surface area contributed by atoms with E-state index in [-0.39, 0.29) is 11.6 Å². The molecule has 0 spiro atoms. The molecule has 0 saturated heterocycles. The van der Waals surface area contributed by atoms with Crippen LogP contribution in [0.5, 0.6) is 11.5 Å². The number of carbonyl (C=O) groups is 1. The van der Waals surface area contributed by atoms with E-state index in [1.54, 1.807) is 19.2 Å². The van der Waals surface area contributed by atoms with Crippen molar-refractivity contribution in [3.63, 3.8) is 0 Å². The molecule has 1 amide bonds. The molecule has 0 radical (unpaired) electrons. The van der Waals surface area contributed by atoms with E-state index in [0.717, 1.165) is 27.7 Å².